The zero-order chi connectivity index (χ0) is 10.1. The molecular formula is C11H13NO2. The van der Waals surface area contributed by atoms with Crippen LogP contribution in [0.15, 0.2) is 18.3 Å². The summed E-state index contributed by atoms with van der Waals surface area (Å²) in [5, 5.41) is 0. The van der Waals surface area contributed by atoms with Gasteiger partial charge in [0.25, 0.3) is 0 Å². The first-order valence-electron chi connectivity index (χ1n) is 4.72. The molecule has 14 heavy (non-hydrogen) atoms. The molecule has 1 aliphatic rings. The van der Waals surface area contributed by atoms with Gasteiger partial charge in [-0.05, 0) is 30.9 Å². The molecule has 3 heteroatoms. The van der Waals surface area contributed by atoms with E-state index < -0.39 is 0 Å². The first-order chi connectivity index (χ1) is 6.72. The maximum absolute atomic E-state index is 11.2. The van der Waals surface area contributed by atoms with Gasteiger partial charge in [-0.25, -0.2) is 0 Å². The first kappa shape index (κ1) is 9.19. The molecule has 1 fully saturated rings. The van der Waals surface area contributed by atoms with Gasteiger partial charge in [0, 0.05) is 11.9 Å². The Morgan fingerprint density at radius 2 is 2.36 bits per heavy atom. The number of methoxy groups -OCH3 is 1. The normalized spacial score (nSPS) is 24.4. The van der Waals surface area contributed by atoms with Gasteiger partial charge in [0.05, 0.1) is 13.0 Å². The van der Waals surface area contributed by atoms with E-state index in [1.54, 1.807) is 0 Å². The van der Waals surface area contributed by atoms with Crippen molar-refractivity contribution in [2.45, 2.75) is 19.3 Å². The number of nitrogens with zero attached hydrogens (tertiary/aromatic N) is 1. The largest absolute Gasteiger partial charge is 0.469 e. The van der Waals surface area contributed by atoms with Crippen LogP contribution >= 0.6 is 0 Å². The molecule has 1 saturated carbocycles. The summed E-state index contributed by atoms with van der Waals surface area (Å²) >= 11 is 0. The maximum atomic E-state index is 11.2. The fraction of sp³-hybridized carbons (Fsp3) is 0.455. The standard InChI is InChI=1S/C11H13NO2/c1-7-3-4-8(6-12-7)9-5-10(9)11(13)14-2/h3-4,6,9-10H,5H2,1-2H3. The average molecular weight is 191 g/mol. The smallest absolute Gasteiger partial charge is 0.309 e. The van der Waals surface area contributed by atoms with Gasteiger partial charge < -0.3 is 4.74 Å². The van der Waals surface area contributed by atoms with Crippen LogP contribution in [0, 0.1) is 12.8 Å². The number of carbonyl (C=O) groups excluding carboxylic acids is 1. The van der Waals surface area contributed by atoms with Gasteiger partial charge in [-0.15, -0.1) is 0 Å². The molecule has 1 aromatic heterocycles. The van der Waals surface area contributed by atoms with Crippen molar-refractivity contribution in [1.29, 1.82) is 0 Å². The molecule has 74 valence electrons. The fourth-order valence-electron chi connectivity index (χ4n) is 1.67. The van der Waals surface area contributed by atoms with E-state index in [-0.39, 0.29) is 11.9 Å². The van der Waals surface area contributed by atoms with Crippen LogP contribution in [0.25, 0.3) is 0 Å². The van der Waals surface area contributed by atoms with Crippen molar-refractivity contribution < 1.29 is 9.53 Å². The van der Waals surface area contributed by atoms with E-state index in [1.807, 2.05) is 25.3 Å². The summed E-state index contributed by atoms with van der Waals surface area (Å²) in [4.78, 5) is 15.4. The summed E-state index contributed by atoms with van der Waals surface area (Å²) in [5.74, 6) is 0.288. The Hall–Kier alpha value is -1.38. The summed E-state index contributed by atoms with van der Waals surface area (Å²) in [6, 6.07) is 4.01. The highest BCUT2D eigenvalue weighted by molar-refractivity contribution is 5.77. The van der Waals surface area contributed by atoms with Crippen LogP contribution in [-0.4, -0.2) is 18.1 Å². The number of aromatic nitrogens is 1. The summed E-state index contributed by atoms with van der Waals surface area (Å²) in [6.45, 7) is 1.95. The Kier molecular flexibility index (Phi) is 2.23. The second-order valence-electron chi connectivity index (χ2n) is 3.70. The van der Waals surface area contributed by atoms with Gasteiger partial charge in [-0.2, -0.15) is 0 Å². The molecule has 2 unspecified atom stereocenters. The van der Waals surface area contributed by atoms with Gasteiger partial charge >= 0.3 is 5.97 Å². The Bertz CT molecular complexity index is 345. The van der Waals surface area contributed by atoms with Crippen LogP contribution < -0.4 is 0 Å². The number of carbonyl (C=O) groups is 1. The third kappa shape index (κ3) is 1.62. The number of aryl methyl sites for hydroxylation is 1. The lowest BCUT2D eigenvalue weighted by molar-refractivity contribution is -0.142. The van der Waals surface area contributed by atoms with E-state index in [4.69, 9.17) is 4.74 Å². The molecule has 1 aliphatic carbocycles. The van der Waals surface area contributed by atoms with Crippen molar-refractivity contribution in [2.75, 3.05) is 7.11 Å². The second kappa shape index (κ2) is 3.40. The fourth-order valence-corrected chi connectivity index (χ4v) is 1.67. The van der Waals surface area contributed by atoms with Crippen LogP contribution in [0.5, 0.6) is 0 Å². The lowest BCUT2D eigenvalue weighted by Crippen LogP contribution is -2.03. The molecule has 0 aromatic carbocycles. The lowest BCUT2D eigenvalue weighted by Gasteiger charge is -1.99. The predicted molar refractivity (Wildman–Crippen MR) is 51.8 cm³/mol. The number of rotatable bonds is 2. The molecule has 1 heterocycles. The number of hydrogen-bond donors (Lipinski definition) is 0. The molecule has 0 N–H and O–H groups in total. The van der Waals surface area contributed by atoms with Gasteiger partial charge in [0.15, 0.2) is 0 Å². The molecule has 1 aromatic rings. The minimum Gasteiger partial charge on any atom is -0.469 e. The molecular weight excluding hydrogens is 178 g/mol. The SMILES string of the molecule is COC(=O)C1CC1c1ccc(C)nc1. The van der Waals surface area contributed by atoms with Crippen molar-refractivity contribution in [2.24, 2.45) is 5.92 Å². The van der Waals surface area contributed by atoms with E-state index in [9.17, 15) is 4.79 Å². The van der Waals surface area contributed by atoms with E-state index >= 15 is 0 Å². The van der Waals surface area contributed by atoms with Crippen molar-refractivity contribution >= 4 is 5.97 Å². The first-order valence-corrected chi connectivity index (χ1v) is 4.72. The van der Waals surface area contributed by atoms with Gasteiger partial charge in [-0.1, -0.05) is 6.07 Å². The molecule has 3 nitrogen and oxygen atoms in total. The van der Waals surface area contributed by atoms with Crippen LogP contribution in [-0.2, 0) is 9.53 Å². The molecule has 0 saturated heterocycles. The average Bonchev–Trinajstić information content (AvgIpc) is 2.98. The molecule has 0 amide bonds. The summed E-state index contributed by atoms with van der Waals surface area (Å²) in [6.07, 6.45) is 2.75. The molecule has 0 bridgehead atoms. The predicted octanol–water partition coefficient (Wildman–Crippen LogP) is 1.67. The molecule has 0 aliphatic heterocycles. The molecule has 0 radical (unpaired) electrons. The summed E-state index contributed by atoms with van der Waals surface area (Å²) in [5.41, 5.74) is 2.15. The van der Waals surface area contributed by atoms with Crippen LogP contribution in [0.4, 0.5) is 0 Å². The van der Waals surface area contributed by atoms with Gasteiger partial charge in [0.1, 0.15) is 0 Å². The van der Waals surface area contributed by atoms with Gasteiger partial charge in [-0.3, -0.25) is 9.78 Å². The Morgan fingerprint density at radius 1 is 1.57 bits per heavy atom. The second-order valence-corrected chi connectivity index (χ2v) is 3.70. The number of esters is 1. The lowest BCUT2D eigenvalue weighted by atomic mass is 10.1. The van der Waals surface area contributed by atoms with E-state index in [1.165, 1.54) is 7.11 Å². The number of ether oxygens (including phenoxy) is 1. The Labute approximate surface area is 83.1 Å². The topological polar surface area (TPSA) is 39.2 Å². The summed E-state index contributed by atoms with van der Waals surface area (Å²) < 4.78 is 4.69. The van der Waals surface area contributed by atoms with Crippen molar-refractivity contribution in [3.63, 3.8) is 0 Å². The highest BCUT2D eigenvalue weighted by atomic mass is 16.5. The third-order valence-electron chi connectivity index (χ3n) is 2.66. The van der Waals surface area contributed by atoms with E-state index in [0.717, 1.165) is 17.7 Å². The number of pyridine rings is 1. The summed E-state index contributed by atoms with van der Waals surface area (Å²) in [7, 11) is 1.44. The zero-order valence-corrected chi connectivity index (χ0v) is 8.36. The third-order valence-corrected chi connectivity index (χ3v) is 2.66. The van der Waals surface area contributed by atoms with Crippen molar-refractivity contribution in [3.05, 3.63) is 29.6 Å². The minimum atomic E-state index is -0.101. The van der Waals surface area contributed by atoms with E-state index in [2.05, 4.69) is 4.98 Å². The quantitative estimate of drug-likeness (QED) is 0.667. The monoisotopic (exact) mass is 191 g/mol. The van der Waals surface area contributed by atoms with Crippen LogP contribution in [0.1, 0.15) is 23.6 Å². The van der Waals surface area contributed by atoms with Gasteiger partial charge in [0.2, 0.25) is 0 Å². The van der Waals surface area contributed by atoms with Crippen LogP contribution in [0.2, 0.25) is 0 Å². The number of hydrogen-bond acceptors (Lipinski definition) is 3. The van der Waals surface area contributed by atoms with Crippen molar-refractivity contribution in [1.82, 2.24) is 4.98 Å². The Balaban J connectivity index is 2.06. The zero-order valence-electron chi connectivity index (χ0n) is 8.36. The highest BCUT2D eigenvalue weighted by Gasteiger charge is 2.44. The minimum absolute atomic E-state index is 0.0597. The van der Waals surface area contributed by atoms with Crippen LogP contribution in [0.3, 0.4) is 0 Å². The van der Waals surface area contributed by atoms with E-state index in [0.29, 0.717) is 5.92 Å². The molecule has 2 rings (SSSR count). The molecule has 2 atom stereocenters. The Morgan fingerprint density at radius 3 is 2.93 bits per heavy atom. The molecule has 0 spiro atoms. The maximum Gasteiger partial charge on any atom is 0.309 e. The highest BCUT2D eigenvalue weighted by Crippen LogP contribution is 2.47. The van der Waals surface area contributed by atoms with Crippen molar-refractivity contribution in [3.8, 4) is 0 Å².